The van der Waals surface area contributed by atoms with E-state index in [1.807, 2.05) is 0 Å². The van der Waals surface area contributed by atoms with E-state index in [0.29, 0.717) is 5.01 Å². The predicted molar refractivity (Wildman–Crippen MR) is 113 cm³/mol. The van der Waals surface area contributed by atoms with E-state index in [4.69, 9.17) is 9.52 Å². The van der Waals surface area contributed by atoms with Gasteiger partial charge in [0.25, 0.3) is 11.6 Å². The van der Waals surface area contributed by atoms with Crippen molar-refractivity contribution in [3.63, 3.8) is 0 Å². The van der Waals surface area contributed by atoms with Crippen LogP contribution in [0.5, 0.6) is 0 Å². The van der Waals surface area contributed by atoms with Crippen LogP contribution in [0.3, 0.4) is 0 Å². The number of rotatable bonds is 5. The summed E-state index contributed by atoms with van der Waals surface area (Å²) < 4.78 is 46.4. The zero-order chi connectivity index (χ0) is 24.6. The van der Waals surface area contributed by atoms with Gasteiger partial charge in [-0.1, -0.05) is 18.2 Å². The maximum atomic E-state index is 13.6. The number of carbonyl (C=O) groups excluding carboxylic acids is 1. The van der Waals surface area contributed by atoms with Crippen molar-refractivity contribution in [3.05, 3.63) is 87.7 Å². The van der Waals surface area contributed by atoms with E-state index in [1.54, 1.807) is 0 Å². The van der Waals surface area contributed by atoms with Crippen LogP contribution < -0.4 is 5.01 Å². The van der Waals surface area contributed by atoms with E-state index >= 15 is 0 Å². The van der Waals surface area contributed by atoms with Crippen molar-refractivity contribution in [2.45, 2.75) is 6.18 Å². The molecule has 12 heteroatoms. The summed E-state index contributed by atoms with van der Waals surface area (Å²) >= 11 is 0. The zero-order valence-corrected chi connectivity index (χ0v) is 16.8. The molecule has 1 aliphatic heterocycles. The van der Waals surface area contributed by atoms with Gasteiger partial charge in [-0.05, 0) is 42.5 Å². The van der Waals surface area contributed by atoms with Gasteiger partial charge in [0.1, 0.15) is 11.5 Å². The van der Waals surface area contributed by atoms with Crippen molar-refractivity contribution in [2.75, 3.05) is 5.01 Å². The first kappa shape index (κ1) is 22.5. The van der Waals surface area contributed by atoms with Crippen LogP contribution in [-0.2, 0) is 4.79 Å². The Balaban J connectivity index is 1.75. The molecule has 2 heterocycles. The molecule has 9 nitrogen and oxygen atoms in total. The number of hydrazone groups is 1. The third kappa shape index (κ3) is 4.16. The average Bonchev–Trinajstić information content (AvgIpc) is 3.39. The molecule has 0 saturated carbocycles. The minimum absolute atomic E-state index is 0.0149. The van der Waals surface area contributed by atoms with E-state index in [9.17, 15) is 32.9 Å². The Kier molecular flexibility index (Phi) is 5.49. The van der Waals surface area contributed by atoms with E-state index in [-0.39, 0.29) is 34.0 Å². The molecule has 1 aliphatic rings. The molecular formula is C22H12F3N3O6. The number of furan rings is 1. The highest BCUT2D eigenvalue weighted by Gasteiger charge is 2.47. The molecule has 0 bridgehead atoms. The molecule has 0 saturated heterocycles. The number of nitro groups is 1. The van der Waals surface area contributed by atoms with Gasteiger partial charge in [-0.2, -0.15) is 23.3 Å². The second-order valence-corrected chi connectivity index (χ2v) is 6.95. The Hall–Kier alpha value is -4.74. The van der Waals surface area contributed by atoms with Crippen molar-refractivity contribution in [2.24, 2.45) is 5.10 Å². The Morgan fingerprint density at radius 3 is 2.53 bits per heavy atom. The average molecular weight is 471 g/mol. The van der Waals surface area contributed by atoms with Gasteiger partial charge in [-0.3, -0.25) is 14.9 Å². The van der Waals surface area contributed by atoms with E-state index in [2.05, 4.69) is 5.10 Å². The van der Waals surface area contributed by atoms with E-state index in [1.165, 1.54) is 54.6 Å². The van der Waals surface area contributed by atoms with Gasteiger partial charge in [0.15, 0.2) is 5.71 Å². The fourth-order valence-corrected chi connectivity index (χ4v) is 3.26. The quantitative estimate of drug-likeness (QED) is 0.320. The van der Waals surface area contributed by atoms with Crippen molar-refractivity contribution in [1.82, 2.24) is 0 Å². The first-order valence-electron chi connectivity index (χ1n) is 9.45. The second-order valence-electron chi connectivity index (χ2n) is 6.95. The number of alkyl halides is 3. The third-order valence-corrected chi connectivity index (χ3v) is 4.76. The van der Waals surface area contributed by atoms with Crippen LogP contribution in [0.4, 0.5) is 24.5 Å². The Bertz CT molecular complexity index is 1390. The minimum atomic E-state index is -5.01. The number of aromatic carboxylic acids is 1. The number of hydrogen-bond donors (Lipinski definition) is 1. The number of benzene rings is 2. The van der Waals surface area contributed by atoms with Crippen LogP contribution in [0.1, 0.15) is 16.1 Å². The molecule has 0 unspecified atom stereocenters. The molecule has 3 aromatic rings. The van der Waals surface area contributed by atoms with Crippen LogP contribution in [0.25, 0.3) is 17.4 Å². The van der Waals surface area contributed by atoms with Gasteiger partial charge in [-0.25, -0.2) is 4.79 Å². The summed E-state index contributed by atoms with van der Waals surface area (Å²) in [5, 5.41) is 24.2. The number of anilines is 1. The summed E-state index contributed by atoms with van der Waals surface area (Å²) in [6.07, 6.45) is -4.18. The predicted octanol–water partition coefficient (Wildman–Crippen LogP) is 4.90. The number of hydrogen-bond acceptors (Lipinski definition) is 6. The van der Waals surface area contributed by atoms with Crippen molar-refractivity contribution in [1.29, 1.82) is 0 Å². The van der Waals surface area contributed by atoms with Crippen LogP contribution in [-0.4, -0.2) is 33.8 Å². The fourth-order valence-electron chi connectivity index (χ4n) is 3.26. The van der Waals surface area contributed by atoms with Gasteiger partial charge in [0, 0.05) is 6.07 Å². The number of carboxylic acid groups (broad SMARTS) is 1. The lowest BCUT2D eigenvalue weighted by Gasteiger charge is -2.11. The largest absolute Gasteiger partial charge is 0.478 e. The summed E-state index contributed by atoms with van der Waals surface area (Å²) in [5.41, 5.74) is -2.91. The molecule has 0 atom stereocenters. The third-order valence-electron chi connectivity index (χ3n) is 4.76. The van der Waals surface area contributed by atoms with Gasteiger partial charge < -0.3 is 9.52 Å². The van der Waals surface area contributed by atoms with Crippen LogP contribution in [0.15, 0.2) is 75.8 Å². The van der Waals surface area contributed by atoms with Gasteiger partial charge in [0.05, 0.1) is 27.3 Å². The van der Waals surface area contributed by atoms with Crippen LogP contribution in [0, 0.1) is 10.1 Å². The van der Waals surface area contributed by atoms with Gasteiger partial charge in [-0.15, -0.1) is 0 Å². The Labute approximate surface area is 188 Å². The first-order valence-corrected chi connectivity index (χ1v) is 9.45. The van der Waals surface area contributed by atoms with Crippen molar-refractivity contribution in [3.8, 4) is 11.3 Å². The summed E-state index contributed by atoms with van der Waals surface area (Å²) in [5.74, 6) is -2.64. The normalized spacial score (nSPS) is 15.0. The number of carboxylic acids is 1. The van der Waals surface area contributed by atoms with Crippen molar-refractivity contribution < 1.29 is 37.2 Å². The van der Waals surface area contributed by atoms with E-state index < -0.39 is 34.3 Å². The topological polar surface area (TPSA) is 126 Å². The maximum Gasteiger partial charge on any atom is 0.435 e. The lowest BCUT2D eigenvalue weighted by Crippen LogP contribution is -2.25. The number of amides is 1. The Morgan fingerprint density at radius 2 is 1.85 bits per heavy atom. The van der Waals surface area contributed by atoms with Gasteiger partial charge in [0.2, 0.25) is 0 Å². The highest BCUT2D eigenvalue weighted by atomic mass is 19.4. The molecule has 1 N–H and O–H groups in total. The van der Waals surface area contributed by atoms with Crippen LogP contribution in [0.2, 0.25) is 0 Å². The standard InChI is InChI=1S/C22H12F3N3O6/c23-22(24,25)19-16(20(29)27(26-19)13-5-3-4-12(10-13)21(30)31)11-14-8-9-18(34-14)15-6-1-2-7-17(15)28(32)33/h1-11H,(H,30,31)/b16-11+. The monoisotopic (exact) mass is 471 g/mol. The summed E-state index contributed by atoms with van der Waals surface area (Å²) in [7, 11) is 0. The molecule has 0 radical (unpaired) electrons. The van der Waals surface area contributed by atoms with Crippen LogP contribution >= 0.6 is 0 Å². The number of halogens is 3. The lowest BCUT2D eigenvalue weighted by molar-refractivity contribution is -0.384. The van der Waals surface area contributed by atoms with Crippen molar-refractivity contribution >= 4 is 35.0 Å². The molecule has 0 aliphatic carbocycles. The minimum Gasteiger partial charge on any atom is -0.478 e. The molecule has 0 spiro atoms. The van der Waals surface area contributed by atoms with E-state index in [0.717, 1.165) is 12.1 Å². The summed E-state index contributed by atoms with van der Waals surface area (Å²) in [6, 6.07) is 13.0. The summed E-state index contributed by atoms with van der Waals surface area (Å²) in [4.78, 5) is 34.6. The highest BCUT2D eigenvalue weighted by molar-refractivity contribution is 6.34. The number of carbonyl (C=O) groups is 2. The zero-order valence-electron chi connectivity index (χ0n) is 16.8. The highest BCUT2D eigenvalue weighted by Crippen LogP contribution is 2.35. The second kappa shape index (κ2) is 8.31. The number of nitro benzene ring substituents is 1. The molecule has 2 aromatic carbocycles. The molecule has 0 fully saturated rings. The first-order chi connectivity index (χ1) is 16.1. The smallest absolute Gasteiger partial charge is 0.435 e. The maximum absolute atomic E-state index is 13.6. The SMILES string of the molecule is O=C(O)c1cccc(N2N=C(C(F)(F)F)/C(=C\c3ccc(-c4ccccc4[N+](=O)[O-])o3)C2=O)c1. The molecule has 172 valence electrons. The molecular weight excluding hydrogens is 459 g/mol. The van der Waals surface area contributed by atoms with Gasteiger partial charge >= 0.3 is 12.1 Å². The molecule has 1 amide bonds. The Morgan fingerprint density at radius 1 is 1.12 bits per heavy atom. The number of nitrogens with zero attached hydrogens (tertiary/aromatic N) is 3. The number of para-hydroxylation sites is 1. The molecule has 4 rings (SSSR count). The molecule has 34 heavy (non-hydrogen) atoms. The fraction of sp³-hybridized carbons (Fsp3) is 0.0455. The molecule has 1 aromatic heterocycles. The summed E-state index contributed by atoms with van der Waals surface area (Å²) in [6.45, 7) is 0. The lowest BCUT2D eigenvalue weighted by atomic mass is 10.1.